The van der Waals surface area contributed by atoms with Crippen LogP contribution in [0.1, 0.15) is 16.0 Å². The van der Waals surface area contributed by atoms with E-state index >= 15 is 0 Å². The molecule has 0 saturated carbocycles. The van der Waals surface area contributed by atoms with Crippen LogP contribution >= 0.6 is 11.3 Å². The second-order valence-electron chi connectivity index (χ2n) is 3.46. The SMILES string of the molecule is Cc1ccc(C#N)cc1OCc1cccs1. The third-order valence-electron chi connectivity index (χ3n) is 2.27. The third kappa shape index (κ3) is 2.41. The lowest BCUT2D eigenvalue weighted by Crippen LogP contribution is -1.95. The maximum Gasteiger partial charge on any atom is 0.124 e. The van der Waals surface area contributed by atoms with Crippen molar-refractivity contribution in [3.8, 4) is 11.8 Å². The fraction of sp³-hybridized carbons (Fsp3) is 0.154. The fourth-order valence-electron chi connectivity index (χ4n) is 1.37. The Hall–Kier alpha value is -1.79. The molecule has 2 nitrogen and oxygen atoms in total. The van der Waals surface area contributed by atoms with E-state index in [0.717, 1.165) is 11.3 Å². The summed E-state index contributed by atoms with van der Waals surface area (Å²) in [5.74, 6) is 0.785. The number of hydrogen-bond donors (Lipinski definition) is 0. The molecule has 0 aliphatic rings. The van der Waals surface area contributed by atoms with E-state index in [1.165, 1.54) is 4.88 Å². The van der Waals surface area contributed by atoms with Gasteiger partial charge in [0.05, 0.1) is 11.6 Å². The molecular weight excluding hydrogens is 218 g/mol. The monoisotopic (exact) mass is 229 g/mol. The second kappa shape index (κ2) is 4.82. The molecule has 16 heavy (non-hydrogen) atoms. The van der Waals surface area contributed by atoms with Crippen molar-refractivity contribution >= 4 is 11.3 Å². The van der Waals surface area contributed by atoms with E-state index in [-0.39, 0.29) is 0 Å². The third-order valence-corrected chi connectivity index (χ3v) is 3.12. The van der Waals surface area contributed by atoms with Crippen molar-refractivity contribution in [3.63, 3.8) is 0 Å². The van der Waals surface area contributed by atoms with Gasteiger partial charge in [0.25, 0.3) is 0 Å². The molecule has 0 unspecified atom stereocenters. The minimum absolute atomic E-state index is 0.563. The fourth-order valence-corrected chi connectivity index (χ4v) is 1.98. The van der Waals surface area contributed by atoms with Crippen molar-refractivity contribution in [1.29, 1.82) is 5.26 Å². The molecule has 2 rings (SSSR count). The summed E-state index contributed by atoms with van der Waals surface area (Å²) < 4.78 is 5.68. The van der Waals surface area contributed by atoms with E-state index in [4.69, 9.17) is 10.00 Å². The molecule has 0 atom stereocenters. The van der Waals surface area contributed by atoms with Crippen LogP contribution in [0.25, 0.3) is 0 Å². The minimum atomic E-state index is 0.563. The average molecular weight is 229 g/mol. The first-order chi connectivity index (χ1) is 7.79. The summed E-state index contributed by atoms with van der Waals surface area (Å²) >= 11 is 1.67. The molecule has 0 spiro atoms. The van der Waals surface area contributed by atoms with E-state index in [1.807, 2.05) is 30.5 Å². The number of nitrogens with zero attached hydrogens (tertiary/aromatic N) is 1. The maximum atomic E-state index is 8.80. The van der Waals surface area contributed by atoms with Gasteiger partial charge in [-0.1, -0.05) is 12.1 Å². The van der Waals surface area contributed by atoms with E-state index < -0.39 is 0 Å². The van der Waals surface area contributed by atoms with Gasteiger partial charge in [0, 0.05) is 4.88 Å². The molecule has 0 amide bonds. The van der Waals surface area contributed by atoms with E-state index in [2.05, 4.69) is 6.07 Å². The van der Waals surface area contributed by atoms with Crippen LogP contribution in [0.15, 0.2) is 35.7 Å². The Bertz CT molecular complexity index is 511. The Morgan fingerprint density at radius 1 is 1.38 bits per heavy atom. The predicted molar refractivity (Wildman–Crippen MR) is 64.5 cm³/mol. The van der Waals surface area contributed by atoms with Gasteiger partial charge in [-0.3, -0.25) is 0 Å². The Morgan fingerprint density at radius 3 is 2.94 bits per heavy atom. The maximum absolute atomic E-state index is 8.80. The van der Waals surface area contributed by atoms with Crippen LogP contribution in [0.3, 0.4) is 0 Å². The van der Waals surface area contributed by atoms with Gasteiger partial charge in [-0.25, -0.2) is 0 Å². The number of rotatable bonds is 3. The quantitative estimate of drug-likeness (QED) is 0.807. The van der Waals surface area contributed by atoms with Crippen molar-refractivity contribution in [2.75, 3.05) is 0 Å². The molecule has 0 aliphatic heterocycles. The number of benzene rings is 1. The first-order valence-corrected chi connectivity index (χ1v) is 5.83. The molecule has 1 aromatic heterocycles. The Labute approximate surface area is 98.7 Å². The van der Waals surface area contributed by atoms with Crippen molar-refractivity contribution in [3.05, 3.63) is 51.7 Å². The normalized spacial score (nSPS) is 9.75. The summed E-state index contributed by atoms with van der Waals surface area (Å²) in [4.78, 5) is 1.18. The zero-order chi connectivity index (χ0) is 11.4. The molecule has 0 aliphatic carbocycles. The molecule has 3 heteroatoms. The second-order valence-corrected chi connectivity index (χ2v) is 4.49. The molecule has 0 radical (unpaired) electrons. The summed E-state index contributed by atoms with van der Waals surface area (Å²) in [6.07, 6.45) is 0. The lowest BCUT2D eigenvalue weighted by atomic mass is 10.1. The number of aryl methyl sites for hydroxylation is 1. The zero-order valence-electron chi connectivity index (χ0n) is 8.93. The Balaban J connectivity index is 2.12. The highest BCUT2D eigenvalue weighted by Crippen LogP contribution is 2.21. The summed E-state index contributed by atoms with van der Waals surface area (Å²) in [6, 6.07) is 11.6. The zero-order valence-corrected chi connectivity index (χ0v) is 9.75. The molecule has 0 fully saturated rings. The van der Waals surface area contributed by atoms with Gasteiger partial charge in [0.2, 0.25) is 0 Å². The number of thiophene rings is 1. The molecule has 1 aromatic carbocycles. The minimum Gasteiger partial charge on any atom is -0.488 e. The van der Waals surface area contributed by atoms with Gasteiger partial charge in [-0.2, -0.15) is 5.26 Å². The number of ether oxygens (including phenoxy) is 1. The van der Waals surface area contributed by atoms with Crippen LogP contribution < -0.4 is 4.74 Å². The van der Waals surface area contributed by atoms with Gasteiger partial charge in [0.15, 0.2) is 0 Å². The van der Waals surface area contributed by atoms with Gasteiger partial charge in [-0.05, 0) is 36.1 Å². The van der Waals surface area contributed by atoms with Crippen molar-refractivity contribution in [2.24, 2.45) is 0 Å². The summed E-state index contributed by atoms with van der Waals surface area (Å²) in [6.45, 7) is 2.54. The lowest BCUT2D eigenvalue weighted by molar-refractivity contribution is 0.307. The molecule has 0 bridgehead atoms. The van der Waals surface area contributed by atoms with E-state index in [0.29, 0.717) is 12.2 Å². The molecular formula is C13H11NOS. The largest absolute Gasteiger partial charge is 0.488 e. The van der Waals surface area contributed by atoms with Gasteiger partial charge >= 0.3 is 0 Å². The highest BCUT2D eigenvalue weighted by Gasteiger charge is 2.02. The lowest BCUT2D eigenvalue weighted by Gasteiger charge is -2.07. The number of nitriles is 1. The predicted octanol–water partition coefficient (Wildman–Crippen LogP) is 3.51. The Morgan fingerprint density at radius 2 is 2.25 bits per heavy atom. The van der Waals surface area contributed by atoms with Gasteiger partial charge in [-0.15, -0.1) is 11.3 Å². The van der Waals surface area contributed by atoms with Gasteiger partial charge in [0.1, 0.15) is 12.4 Å². The molecule has 0 N–H and O–H groups in total. The molecule has 80 valence electrons. The summed E-state index contributed by atoms with van der Waals surface area (Å²) in [7, 11) is 0. The highest BCUT2D eigenvalue weighted by molar-refractivity contribution is 7.09. The summed E-state index contributed by atoms with van der Waals surface area (Å²) in [5.41, 5.74) is 1.68. The van der Waals surface area contributed by atoms with Crippen LogP contribution in [0.2, 0.25) is 0 Å². The van der Waals surface area contributed by atoms with Gasteiger partial charge < -0.3 is 4.74 Å². The van der Waals surface area contributed by atoms with Crippen LogP contribution in [0.4, 0.5) is 0 Å². The van der Waals surface area contributed by atoms with Crippen LogP contribution in [-0.2, 0) is 6.61 Å². The van der Waals surface area contributed by atoms with Crippen molar-refractivity contribution < 1.29 is 4.74 Å². The topological polar surface area (TPSA) is 33.0 Å². The van der Waals surface area contributed by atoms with E-state index in [9.17, 15) is 0 Å². The molecule has 1 heterocycles. The highest BCUT2D eigenvalue weighted by atomic mass is 32.1. The average Bonchev–Trinajstić information content (AvgIpc) is 2.81. The van der Waals surface area contributed by atoms with Crippen LogP contribution in [0, 0.1) is 18.3 Å². The standard InChI is InChI=1S/C13H11NOS/c1-10-4-5-11(8-14)7-13(10)15-9-12-3-2-6-16-12/h2-7H,9H2,1H3. The van der Waals surface area contributed by atoms with Crippen LogP contribution in [0.5, 0.6) is 5.75 Å². The smallest absolute Gasteiger partial charge is 0.124 e. The van der Waals surface area contributed by atoms with E-state index in [1.54, 1.807) is 23.5 Å². The number of hydrogen-bond acceptors (Lipinski definition) is 3. The first kappa shape index (κ1) is 10.7. The molecule has 0 saturated heterocycles. The summed E-state index contributed by atoms with van der Waals surface area (Å²) in [5, 5.41) is 10.8. The first-order valence-electron chi connectivity index (χ1n) is 4.95. The molecule has 2 aromatic rings. The van der Waals surface area contributed by atoms with Crippen molar-refractivity contribution in [1.82, 2.24) is 0 Å². The van der Waals surface area contributed by atoms with Crippen LogP contribution in [-0.4, -0.2) is 0 Å². The Kier molecular flexibility index (Phi) is 3.23. The van der Waals surface area contributed by atoms with Crippen molar-refractivity contribution in [2.45, 2.75) is 13.5 Å².